The molecule has 1 heterocycles. The van der Waals surface area contributed by atoms with Crippen molar-refractivity contribution in [1.29, 1.82) is 0 Å². The standard InChI is InChI=1S/C4H5ClO4S2/c1-4-2-3-10-11(4)9-5(6,7)8/h2-3H,1H3. The van der Waals surface area contributed by atoms with Gasteiger partial charge in [-0.25, -0.2) is 0 Å². The zero-order valence-corrected chi connectivity index (χ0v) is 7.87. The lowest BCUT2D eigenvalue weighted by atomic mass is 10.5. The highest BCUT2D eigenvalue weighted by Gasteiger charge is 2.25. The topological polar surface area (TPSA) is 78.4 Å². The monoisotopic (exact) mass is 216 g/mol. The number of halogens is 1. The fraction of sp³-hybridized carbons (Fsp3) is 0.250. The third kappa shape index (κ3) is 3.12. The molecule has 64 valence electrons. The molecule has 0 saturated carbocycles. The van der Waals surface area contributed by atoms with Gasteiger partial charge in [0.2, 0.25) is 0 Å². The Kier molecular flexibility index (Phi) is 2.98. The molecule has 0 bridgehead atoms. The quantitative estimate of drug-likeness (QED) is 0.413. The lowest BCUT2D eigenvalue weighted by Gasteiger charge is -2.11. The van der Waals surface area contributed by atoms with Crippen LogP contribution in [-0.2, 0) is 3.74 Å². The van der Waals surface area contributed by atoms with Gasteiger partial charge >= 0.3 is 0 Å². The fourth-order valence-corrected chi connectivity index (χ4v) is 4.22. The Bertz CT molecular complexity index is 219. The van der Waals surface area contributed by atoms with Gasteiger partial charge in [-0.2, -0.15) is 14.0 Å². The Morgan fingerprint density at radius 3 is 2.55 bits per heavy atom. The largest absolute Gasteiger partial charge is 0.182 e. The third-order valence-electron chi connectivity index (χ3n) is 0.843. The third-order valence-corrected chi connectivity index (χ3v) is 5.11. The van der Waals surface area contributed by atoms with E-state index in [0.717, 1.165) is 4.86 Å². The summed E-state index contributed by atoms with van der Waals surface area (Å²) in [5.41, 5.74) is 0. The Morgan fingerprint density at radius 1 is 1.55 bits per heavy atom. The predicted molar refractivity (Wildman–Crippen MR) is 36.1 cm³/mol. The highest BCUT2D eigenvalue weighted by atomic mass is 35.7. The predicted octanol–water partition coefficient (Wildman–Crippen LogP) is -1.55. The van der Waals surface area contributed by atoms with Crippen LogP contribution < -0.4 is 14.0 Å². The number of allylic oxidation sites excluding steroid dienone is 1. The summed E-state index contributed by atoms with van der Waals surface area (Å²) in [5, 5.41) is 1.69. The minimum atomic E-state index is -4.30. The van der Waals surface area contributed by atoms with Crippen LogP contribution in [0.25, 0.3) is 0 Å². The summed E-state index contributed by atoms with van der Waals surface area (Å²) < 4.78 is 34.4. The second kappa shape index (κ2) is 3.44. The molecule has 1 unspecified atom stereocenters. The molecule has 0 N–H and O–H groups in total. The van der Waals surface area contributed by atoms with E-state index in [1.165, 1.54) is 10.8 Å². The van der Waals surface area contributed by atoms with E-state index >= 15 is 0 Å². The van der Waals surface area contributed by atoms with Crippen molar-refractivity contribution < 1.29 is 28.0 Å². The molecule has 0 aromatic carbocycles. The number of hydrogen-bond acceptors (Lipinski definition) is 5. The Labute approximate surface area is 72.1 Å². The van der Waals surface area contributed by atoms with Gasteiger partial charge in [0.05, 0.1) is 10.2 Å². The molecule has 0 aromatic rings. The maximum atomic E-state index is 10.1. The first kappa shape index (κ1) is 9.53. The summed E-state index contributed by atoms with van der Waals surface area (Å²) in [7, 11) is -4.05. The summed E-state index contributed by atoms with van der Waals surface area (Å²) in [5.74, 6) is 0. The summed E-state index contributed by atoms with van der Waals surface area (Å²) in [6, 6.07) is 0. The highest BCUT2D eigenvalue weighted by molar-refractivity contribution is 8.83. The summed E-state index contributed by atoms with van der Waals surface area (Å²) in [6.07, 6.45) is 1.72. The Hall–Kier alpha value is 0.440. The molecule has 1 aliphatic rings. The van der Waals surface area contributed by atoms with Crippen LogP contribution in [0.3, 0.4) is 0 Å². The van der Waals surface area contributed by atoms with Gasteiger partial charge in [-0.1, -0.05) is 0 Å². The summed E-state index contributed by atoms with van der Waals surface area (Å²) in [6.45, 7) is 1.71. The number of rotatable bonds is 2. The van der Waals surface area contributed by atoms with Crippen molar-refractivity contribution in [3.8, 4) is 0 Å². The van der Waals surface area contributed by atoms with Crippen molar-refractivity contribution in [1.82, 2.24) is 0 Å². The first-order chi connectivity index (χ1) is 4.99. The molecular formula is C4H5ClO4S2. The van der Waals surface area contributed by atoms with Crippen LogP contribution in [0.4, 0.5) is 0 Å². The van der Waals surface area contributed by atoms with E-state index in [1.807, 2.05) is 0 Å². The SMILES string of the molecule is CC1=S(O[Cl+3]([O-])([O-])[O-])SC=C1. The number of hydrogen-bond donors (Lipinski definition) is 0. The molecule has 0 amide bonds. The van der Waals surface area contributed by atoms with Gasteiger partial charge in [-0.3, -0.25) is 0 Å². The van der Waals surface area contributed by atoms with Crippen LogP contribution in [0, 0.1) is 10.2 Å². The van der Waals surface area contributed by atoms with Crippen LogP contribution in [0.1, 0.15) is 6.92 Å². The van der Waals surface area contributed by atoms with E-state index < -0.39 is 20.0 Å². The molecule has 0 fully saturated rings. The van der Waals surface area contributed by atoms with Crippen molar-refractivity contribution in [3.63, 3.8) is 0 Å². The molecule has 1 rings (SSSR count). The van der Waals surface area contributed by atoms with Gasteiger partial charge in [0.15, 0.2) is 9.80 Å². The second-order valence-corrected chi connectivity index (χ2v) is 6.01. The zero-order chi connectivity index (χ0) is 8.48. The molecule has 0 aromatic heterocycles. The maximum absolute atomic E-state index is 10.1. The smallest absolute Gasteiger partial charge is 0.174 e. The molecule has 7 heteroatoms. The molecule has 1 atom stereocenters. The van der Waals surface area contributed by atoms with Gasteiger partial charge in [-0.05, 0) is 29.2 Å². The van der Waals surface area contributed by atoms with Crippen LogP contribution in [0.15, 0.2) is 11.5 Å². The van der Waals surface area contributed by atoms with E-state index in [2.05, 4.69) is 3.74 Å². The lowest BCUT2D eigenvalue weighted by Crippen LogP contribution is -2.60. The minimum absolute atomic E-state index is 0.752. The molecule has 0 aliphatic carbocycles. The zero-order valence-electron chi connectivity index (χ0n) is 5.48. The highest BCUT2D eigenvalue weighted by Crippen LogP contribution is 2.40. The van der Waals surface area contributed by atoms with Crippen LogP contribution in [0.5, 0.6) is 0 Å². The Morgan fingerprint density at radius 2 is 2.18 bits per heavy atom. The van der Waals surface area contributed by atoms with Crippen LogP contribution in [0.2, 0.25) is 0 Å². The second-order valence-electron chi connectivity index (χ2n) is 1.69. The van der Waals surface area contributed by atoms with Crippen molar-refractivity contribution in [2.24, 2.45) is 0 Å². The van der Waals surface area contributed by atoms with Crippen molar-refractivity contribution >= 4 is 25.5 Å². The van der Waals surface area contributed by atoms with Gasteiger partial charge in [0.1, 0.15) is 3.74 Å². The molecule has 0 spiro atoms. The van der Waals surface area contributed by atoms with E-state index in [1.54, 1.807) is 18.4 Å². The summed E-state index contributed by atoms with van der Waals surface area (Å²) in [4.78, 5) is 0.752. The average molecular weight is 217 g/mol. The van der Waals surface area contributed by atoms with Crippen molar-refractivity contribution in [2.45, 2.75) is 6.92 Å². The molecule has 0 radical (unpaired) electrons. The van der Waals surface area contributed by atoms with Crippen LogP contribution >= 0.6 is 20.6 Å². The molecular weight excluding hydrogens is 212 g/mol. The first-order valence-electron chi connectivity index (χ1n) is 2.51. The first-order valence-corrected chi connectivity index (χ1v) is 6.29. The van der Waals surface area contributed by atoms with Gasteiger partial charge in [0.25, 0.3) is 0 Å². The van der Waals surface area contributed by atoms with Crippen LogP contribution in [-0.4, -0.2) is 4.86 Å². The summed E-state index contributed by atoms with van der Waals surface area (Å²) >= 11 is 0. The molecule has 0 saturated heterocycles. The van der Waals surface area contributed by atoms with Gasteiger partial charge in [-0.15, -0.1) is 0 Å². The Balaban J connectivity index is 2.59. The van der Waals surface area contributed by atoms with Crippen molar-refractivity contribution in [2.75, 3.05) is 0 Å². The van der Waals surface area contributed by atoms with Crippen molar-refractivity contribution in [3.05, 3.63) is 11.5 Å². The molecule has 1 aliphatic heterocycles. The van der Waals surface area contributed by atoms with E-state index in [9.17, 15) is 14.0 Å². The lowest BCUT2D eigenvalue weighted by molar-refractivity contribution is -1.91. The van der Waals surface area contributed by atoms with Gasteiger partial charge < -0.3 is 0 Å². The minimum Gasteiger partial charge on any atom is -0.182 e. The molecule has 11 heavy (non-hydrogen) atoms. The van der Waals surface area contributed by atoms with Gasteiger partial charge in [0, 0.05) is 4.86 Å². The fourth-order valence-electron chi connectivity index (χ4n) is 0.440. The van der Waals surface area contributed by atoms with E-state index in [4.69, 9.17) is 0 Å². The van der Waals surface area contributed by atoms with E-state index in [0.29, 0.717) is 0 Å². The normalized spacial score (nSPS) is 24.7. The maximum Gasteiger partial charge on any atom is 0.174 e. The van der Waals surface area contributed by atoms with E-state index in [-0.39, 0.29) is 0 Å². The average Bonchev–Trinajstić information content (AvgIpc) is 2.12. The molecule has 4 nitrogen and oxygen atoms in total.